The van der Waals surface area contributed by atoms with E-state index >= 15 is 0 Å². The van der Waals surface area contributed by atoms with Gasteiger partial charge in [0.2, 0.25) is 5.13 Å². The Bertz CT molecular complexity index is 1220. The molecule has 0 aliphatic rings. The van der Waals surface area contributed by atoms with Gasteiger partial charge < -0.3 is 14.2 Å². The number of fused-ring (bicyclic) bond motifs is 1. The second-order valence-electron chi connectivity index (χ2n) is 6.36. The highest BCUT2D eigenvalue weighted by molar-refractivity contribution is 7.22. The highest BCUT2D eigenvalue weighted by atomic mass is 32.1. The zero-order chi connectivity index (χ0) is 21.6. The Morgan fingerprint density at radius 3 is 2.55 bits per heavy atom. The number of nitrogens with one attached hydrogen (secondary N) is 1. The molecular weight excluding hydrogens is 414 g/mol. The third-order valence-corrected chi connectivity index (χ3v) is 5.33. The van der Waals surface area contributed by atoms with Crippen LogP contribution in [0.25, 0.3) is 10.2 Å². The zero-order valence-electron chi connectivity index (χ0n) is 16.9. The fourth-order valence-electron chi connectivity index (χ4n) is 2.90. The maximum atomic E-state index is 12.5. The largest absolute Gasteiger partial charge is 0.496 e. The van der Waals surface area contributed by atoms with Gasteiger partial charge in [-0.15, -0.1) is 0 Å². The van der Waals surface area contributed by atoms with Crippen LogP contribution in [-0.2, 0) is 0 Å². The van der Waals surface area contributed by atoms with Crippen LogP contribution >= 0.6 is 11.3 Å². The van der Waals surface area contributed by atoms with Crippen molar-refractivity contribution in [1.82, 2.24) is 4.98 Å². The van der Waals surface area contributed by atoms with Crippen molar-refractivity contribution >= 4 is 38.9 Å². The Morgan fingerprint density at radius 1 is 0.968 bits per heavy atom. The molecule has 7 nitrogen and oxygen atoms in total. The van der Waals surface area contributed by atoms with Gasteiger partial charge in [-0.2, -0.15) is 5.10 Å². The van der Waals surface area contributed by atoms with E-state index in [1.807, 2.05) is 24.3 Å². The van der Waals surface area contributed by atoms with Gasteiger partial charge in [0, 0.05) is 0 Å². The van der Waals surface area contributed by atoms with Crippen molar-refractivity contribution in [2.75, 3.05) is 19.6 Å². The first-order valence-corrected chi connectivity index (χ1v) is 10.2. The molecule has 0 aliphatic carbocycles. The summed E-state index contributed by atoms with van der Waals surface area (Å²) in [7, 11) is 3.01. The fourth-order valence-corrected chi connectivity index (χ4v) is 3.71. The molecule has 4 rings (SSSR count). The van der Waals surface area contributed by atoms with E-state index in [1.165, 1.54) is 25.6 Å². The van der Waals surface area contributed by atoms with Gasteiger partial charge in [0.15, 0.2) is 11.5 Å². The van der Waals surface area contributed by atoms with Crippen molar-refractivity contribution in [2.24, 2.45) is 5.10 Å². The maximum absolute atomic E-state index is 12.5. The summed E-state index contributed by atoms with van der Waals surface area (Å²) < 4.78 is 17.2. The molecule has 0 amide bonds. The Hall–Kier alpha value is -3.91. The lowest BCUT2D eigenvalue weighted by Crippen LogP contribution is -2.10. The summed E-state index contributed by atoms with van der Waals surface area (Å²) in [6, 6.07) is 19.9. The molecule has 0 unspecified atom stereocenters. The summed E-state index contributed by atoms with van der Waals surface area (Å²) >= 11 is 1.52. The lowest BCUT2D eigenvalue weighted by Gasteiger charge is -2.11. The Labute approximate surface area is 182 Å². The van der Waals surface area contributed by atoms with Crippen molar-refractivity contribution in [3.05, 3.63) is 77.9 Å². The van der Waals surface area contributed by atoms with Crippen molar-refractivity contribution in [3.63, 3.8) is 0 Å². The minimum Gasteiger partial charge on any atom is -0.496 e. The number of methoxy groups -OCH3 is 2. The molecule has 1 N–H and O–H groups in total. The molecule has 3 aromatic carbocycles. The van der Waals surface area contributed by atoms with Crippen molar-refractivity contribution < 1.29 is 19.0 Å². The summed E-state index contributed by atoms with van der Waals surface area (Å²) in [5, 5.41) is 4.94. The molecule has 31 heavy (non-hydrogen) atoms. The number of hydrogen-bond acceptors (Lipinski definition) is 8. The first kappa shape index (κ1) is 20.4. The lowest BCUT2D eigenvalue weighted by molar-refractivity contribution is 0.0726. The molecule has 0 fully saturated rings. The van der Waals surface area contributed by atoms with E-state index in [0.29, 0.717) is 27.9 Å². The van der Waals surface area contributed by atoms with Crippen molar-refractivity contribution in [3.8, 4) is 17.2 Å². The SMILES string of the molecule is COc1cc(/C=N/Nc2nc3ccccc3s2)ccc1OC(=O)c1ccccc1OC. The van der Waals surface area contributed by atoms with Crippen LogP contribution in [0.3, 0.4) is 0 Å². The lowest BCUT2D eigenvalue weighted by atomic mass is 10.2. The van der Waals surface area contributed by atoms with Gasteiger partial charge in [0.1, 0.15) is 11.3 Å². The number of anilines is 1. The Balaban J connectivity index is 1.47. The molecule has 0 radical (unpaired) electrons. The predicted octanol–water partition coefficient (Wildman–Crippen LogP) is 4.98. The van der Waals surface area contributed by atoms with Crippen LogP contribution in [0, 0.1) is 0 Å². The van der Waals surface area contributed by atoms with Gasteiger partial charge >= 0.3 is 5.97 Å². The third kappa shape index (κ3) is 4.65. The van der Waals surface area contributed by atoms with Gasteiger partial charge in [-0.25, -0.2) is 9.78 Å². The molecule has 4 aromatic rings. The van der Waals surface area contributed by atoms with Crippen molar-refractivity contribution in [1.29, 1.82) is 0 Å². The molecule has 0 atom stereocenters. The molecule has 156 valence electrons. The zero-order valence-corrected chi connectivity index (χ0v) is 17.7. The molecule has 1 heterocycles. The molecule has 0 spiro atoms. The number of ether oxygens (including phenoxy) is 3. The fraction of sp³-hybridized carbons (Fsp3) is 0.0870. The first-order chi connectivity index (χ1) is 15.2. The van der Waals surface area contributed by atoms with E-state index in [0.717, 1.165) is 15.8 Å². The number of nitrogens with zero attached hydrogens (tertiary/aromatic N) is 2. The van der Waals surface area contributed by atoms with Crippen LogP contribution in [0.4, 0.5) is 5.13 Å². The molecule has 0 aliphatic heterocycles. The molecule has 1 aromatic heterocycles. The second-order valence-corrected chi connectivity index (χ2v) is 7.39. The number of hydrazone groups is 1. The van der Waals surface area contributed by atoms with Gasteiger partial charge in [-0.3, -0.25) is 5.43 Å². The number of aromatic nitrogens is 1. The number of rotatable bonds is 7. The number of esters is 1. The number of benzene rings is 3. The number of hydrogen-bond donors (Lipinski definition) is 1. The Kier molecular flexibility index (Phi) is 6.09. The quantitative estimate of drug-likeness (QED) is 0.192. The van der Waals surface area contributed by atoms with Crippen LogP contribution in [-0.4, -0.2) is 31.4 Å². The third-order valence-electron chi connectivity index (χ3n) is 4.38. The molecular formula is C23H19N3O4S. The van der Waals surface area contributed by atoms with E-state index in [9.17, 15) is 4.79 Å². The summed E-state index contributed by atoms with van der Waals surface area (Å²) in [6.07, 6.45) is 1.64. The van der Waals surface area contributed by atoms with Crippen LogP contribution in [0.1, 0.15) is 15.9 Å². The Morgan fingerprint density at radius 2 is 1.74 bits per heavy atom. The van der Waals surface area contributed by atoms with Crippen LogP contribution in [0.15, 0.2) is 71.8 Å². The van der Waals surface area contributed by atoms with E-state index in [4.69, 9.17) is 14.2 Å². The second kappa shape index (κ2) is 9.27. The normalized spacial score (nSPS) is 10.9. The monoisotopic (exact) mass is 433 g/mol. The molecule has 8 heteroatoms. The summed E-state index contributed by atoms with van der Waals surface area (Å²) in [5.74, 6) is 0.618. The average Bonchev–Trinajstić information content (AvgIpc) is 3.22. The highest BCUT2D eigenvalue weighted by Crippen LogP contribution is 2.30. The summed E-state index contributed by atoms with van der Waals surface area (Å²) in [4.78, 5) is 17.0. The maximum Gasteiger partial charge on any atom is 0.347 e. The minimum atomic E-state index is -0.533. The highest BCUT2D eigenvalue weighted by Gasteiger charge is 2.16. The van der Waals surface area contributed by atoms with Gasteiger partial charge in [0.05, 0.1) is 30.7 Å². The minimum absolute atomic E-state index is 0.301. The van der Waals surface area contributed by atoms with E-state index in [1.54, 1.807) is 48.7 Å². The molecule has 0 saturated heterocycles. The standard InChI is InChI=1S/C23H19N3O4S/c1-28-18-9-5-3-7-16(18)22(27)30-19-12-11-15(13-20(19)29-2)14-24-26-23-25-17-8-4-6-10-21(17)31-23/h3-14H,1-2H3,(H,25,26)/b24-14+. The summed E-state index contributed by atoms with van der Waals surface area (Å²) in [5.41, 5.74) is 4.96. The van der Waals surface area contributed by atoms with E-state index < -0.39 is 5.97 Å². The van der Waals surface area contributed by atoms with Crippen LogP contribution in [0.5, 0.6) is 17.2 Å². The van der Waals surface area contributed by atoms with Crippen LogP contribution < -0.4 is 19.6 Å². The van der Waals surface area contributed by atoms with Gasteiger partial charge in [-0.1, -0.05) is 35.6 Å². The topological polar surface area (TPSA) is 82.0 Å². The predicted molar refractivity (Wildman–Crippen MR) is 122 cm³/mol. The van der Waals surface area contributed by atoms with Crippen molar-refractivity contribution in [2.45, 2.75) is 0 Å². The van der Waals surface area contributed by atoms with Crippen LogP contribution in [0.2, 0.25) is 0 Å². The van der Waals surface area contributed by atoms with E-state index in [-0.39, 0.29) is 0 Å². The van der Waals surface area contributed by atoms with E-state index in [2.05, 4.69) is 15.5 Å². The van der Waals surface area contributed by atoms with Gasteiger partial charge in [0.25, 0.3) is 0 Å². The average molecular weight is 433 g/mol. The summed E-state index contributed by atoms with van der Waals surface area (Å²) in [6.45, 7) is 0. The number of carbonyl (C=O) groups is 1. The molecule has 0 bridgehead atoms. The van der Waals surface area contributed by atoms with Gasteiger partial charge in [-0.05, 0) is 48.0 Å². The number of para-hydroxylation sites is 2. The number of carbonyl (C=O) groups excluding carboxylic acids is 1. The first-order valence-electron chi connectivity index (χ1n) is 9.36. The number of thiazole rings is 1. The smallest absolute Gasteiger partial charge is 0.347 e. The molecule has 0 saturated carbocycles.